The molecule has 3 rings (SSSR count). The van der Waals surface area contributed by atoms with Gasteiger partial charge in [0.1, 0.15) is 0 Å². The number of rotatable bonds is 4. The van der Waals surface area contributed by atoms with E-state index in [1.807, 2.05) is 11.8 Å². The van der Waals surface area contributed by atoms with Gasteiger partial charge in [0.05, 0.1) is 19.0 Å². The Morgan fingerprint density at radius 2 is 2.08 bits per heavy atom. The fraction of sp³-hybridized carbons (Fsp3) is 0.625. The number of carbonyl (C=O) groups excluding carboxylic acids is 1. The average Bonchev–Trinajstić information content (AvgIpc) is 3.02. The predicted octanol–water partition coefficient (Wildman–Crippen LogP) is -0.539. The van der Waals surface area contributed by atoms with Crippen LogP contribution in [-0.2, 0) is 30.2 Å². The normalized spacial score (nSPS) is 18.0. The SMILES string of the molecule is CC1CN(C(=O)CCCn2cnc3c2c(=O)n(C)c(=O)n3C)CCO1. The van der Waals surface area contributed by atoms with Crippen LogP contribution in [0.2, 0.25) is 0 Å². The Hall–Kier alpha value is -2.42. The largest absolute Gasteiger partial charge is 0.375 e. The summed E-state index contributed by atoms with van der Waals surface area (Å²) >= 11 is 0. The summed E-state index contributed by atoms with van der Waals surface area (Å²) in [6, 6.07) is 0. The number of hydrogen-bond acceptors (Lipinski definition) is 5. The molecule has 1 aliphatic heterocycles. The van der Waals surface area contributed by atoms with E-state index in [1.54, 1.807) is 17.9 Å². The molecule has 1 atom stereocenters. The Kier molecular flexibility index (Phi) is 4.76. The lowest BCUT2D eigenvalue weighted by Gasteiger charge is -2.31. The van der Waals surface area contributed by atoms with Crippen molar-refractivity contribution in [1.29, 1.82) is 0 Å². The molecule has 1 amide bonds. The summed E-state index contributed by atoms with van der Waals surface area (Å²) in [5.41, 5.74) is -0.0261. The van der Waals surface area contributed by atoms with Crippen LogP contribution in [0, 0.1) is 0 Å². The Bertz CT molecular complexity index is 910. The number of amides is 1. The minimum Gasteiger partial charge on any atom is -0.375 e. The van der Waals surface area contributed by atoms with Crippen molar-refractivity contribution in [3.05, 3.63) is 27.2 Å². The van der Waals surface area contributed by atoms with E-state index in [-0.39, 0.29) is 17.6 Å². The highest BCUT2D eigenvalue weighted by Gasteiger charge is 2.21. The van der Waals surface area contributed by atoms with E-state index in [0.717, 1.165) is 4.57 Å². The number of carbonyl (C=O) groups is 1. The molecule has 136 valence electrons. The number of imidazole rings is 1. The summed E-state index contributed by atoms with van der Waals surface area (Å²) in [7, 11) is 3.04. The Labute approximate surface area is 144 Å². The molecule has 0 N–H and O–H groups in total. The van der Waals surface area contributed by atoms with Crippen LogP contribution in [0.5, 0.6) is 0 Å². The van der Waals surface area contributed by atoms with E-state index in [4.69, 9.17) is 4.74 Å². The zero-order valence-electron chi connectivity index (χ0n) is 14.8. The first-order valence-corrected chi connectivity index (χ1v) is 8.40. The molecule has 25 heavy (non-hydrogen) atoms. The minimum atomic E-state index is -0.403. The van der Waals surface area contributed by atoms with Gasteiger partial charge >= 0.3 is 5.69 Å². The smallest absolute Gasteiger partial charge is 0.332 e. The first-order chi connectivity index (χ1) is 11.9. The van der Waals surface area contributed by atoms with Gasteiger partial charge in [-0.05, 0) is 13.3 Å². The van der Waals surface area contributed by atoms with Crippen molar-refractivity contribution < 1.29 is 9.53 Å². The van der Waals surface area contributed by atoms with E-state index in [0.29, 0.717) is 50.2 Å². The molecule has 9 heteroatoms. The van der Waals surface area contributed by atoms with Crippen LogP contribution in [-0.4, -0.2) is 55.3 Å². The number of ether oxygens (including phenoxy) is 1. The van der Waals surface area contributed by atoms with Crippen LogP contribution < -0.4 is 11.2 Å². The summed E-state index contributed by atoms with van der Waals surface area (Å²) in [6.07, 6.45) is 2.62. The van der Waals surface area contributed by atoms with Gasteiger partial charge < -0.3 is 14.2 Å². The van der Waals surface area contributed by atoms with Crippen molar-refractivity contribution in [1.82, 2.24) is 23.6 Å². The van der Waals surface area contributed by atoms with E-state index in [9.17, 15) is 14.4 Å². The highest BCUT2D eigenvalue weighted by atomic mass is 16.5. The van der Waals surface area contributed by atoms with Gasteiger partial charge in [0.15, 0.2) is 11.2 Å². The molecule has 1 saturated heterocycles. The summed E-state index contributed by atoms with van der Waals surface area (Å²) in [6.45, 7) is 4.27. The van der Waals surface area contributed by atoms with Crippen molar-refractivity contribution in [3.63, 3.8) is 0 Å². The lowest BCUT2D eigenvalue weighted by Crippen LogP contribution is -2.44. The quantitative estimate of drug-likeness (QED) is 0.739. The third kappa shape index (κ3) is 3.23. The van der Waals surface area contributed by atoms with Gasteiger partial charge in [0.2, 0.25) is 5.91 Å². The first kappa shape index (κ1) is 17.4. The minimum absolute atomic E-state index is 0.0691. The molecular formula is C16H23N5O4. The molecule has 0 saturated carbocycles. The maximum atomic E-state index is 12.4. The van der Waals surface area contributed by atoms with Gasteiger partial charge in [-0.3, -0.25) is 18.7 Å². The highest BCUT2D eigenvalue weighted by molar-refractivity contribution is 5.76. The molecule has 1 fully saturated rings. The molecule has 0 aromatic carbocycles. The van der Waals surface area contributed by atoms with Crippen LogP contribution >= 0.6 is 0 Å². The highest BCUT2D eigenvalue weighted by Crippen LogP contribution is 2.10. The molecule has 1 unspecified atom stereocenters. The van der Waals surface area contributed by atoms with Gasteiger partial charge in [-0.1, -0.05) is 0 Å². The van der Waals surface area contributed by atoms with Crippen LogP contribution in [0.3, 0.4) is 0 Å². The van der Waals surface area contributed by atoms with Gasteiger partial charge in [0, 0.05) is 40.2 Å². The van der Waals surface area contributed by atoms with Crippen LogP contribution in [0.4, 0.5) is 0 Å². The molecule has 0 radical (unpaired) electrons. The van der Waals surface area contributed by atoms with Crippen molar-refractivity contribution in [2.45, 2.75) is 32.4 Å². The van der Waals surface area contributed by atoms with Gasteiger partial charge in [-0.15, -0.1) is 0 Å². The Morgan fingerprint density at radius 3 is 2.80 bits per heavy atom. The average molecular weight is 349 g/mol. The zero-order valence-corrected chi connectivity index (χ0v) is 14.8. The number of aryl methyl sites for hydroxylation is 2. The first-order valence-electron chi connectivity index (χ1n) is 8.40. The third-order valence-corrected chi connectivity index (χ3v) is 4.60. The Morgan fingerprint density at radius 1 is 1.32 bits per heavy atom. The van der Waals surface area contributed by atoms with Crippen LogP contribution in [0.15, 0.2) is 15.9 Å². The fourth-order valence-corrected chi connectivity index (χ4v) is 3.17. The van der Waals surface area contributed by atoms with E-state index >= 15 is 0 Å². The number of aromatic nitrogens is 4. The predicted molar refractivity (Wildman–Crippen MR) is 91.4 cm³/mol. The van der Waals surface area contributed by atoms with Gasteiger partial charge in [0.25, 0.3) is 5.56 Å². The lowest BCUT2D eigenvalue weighted by atomic mass is 10.2. The molecule has 2 aromatic rings. The zero-order chi connectivity index (χ0) is 18.1. The maximum Gasteiger partial charge on any atom is 0.332 e. The number of fused-ring (bicyclic) bond motifs is 1. The molecular weight excluding hydrogens is 326 g/mol. The molecule has 0 spiro atoms. The fourth-order valence-electron chi connectivity index (χ4n) is 3.17. The molecule has 2 aromatic heterocycles. The van der Waals surface area contributed by atoms with Crippen LogP contribution in [0.1, 0.15) is 19.8 Å². The Balaban J connectivity index is 1.71. The second-order valence-corrected chi connectivity index (χ2v) is 6.44. The van der Waals surface area contributed by atoms with E-state index in [1.165, 1.54) is 11.6 Å². The summed E-state index contributed by atoms with van der Waals surface area (Å²) < 4.78 is 9.58. The molecule has 9 nitrogen and oxygen atoms in total. The number of hydrogen-bond donors (Lipinski definition) is 0. The number of nitrogens with zero attached hydrogens (tertiary/aromatic N) is 5. The summed E-state index contributed by atoms with van der Waals surface area (Å²) in [4.78, 5) is 42.6. The van der Waals surface area contributed by atoms with Crippen molar-refractivity contribution >= 4 is 17.1 Å². The van der Waals surface area contributed by atoms with E-state index in [2.05, 4.69) is 4.98 Å². The number of morpholine rings is 1. The summed E-state index contributed by atoms with van der Waals surface area (Å²) in [5, 5.41) is 0. The lowest BCUT2D eigenvalue weighted by molar-refractivity contribution is -0.138. The van der Waals surface area contributed by atoms with Crippen molar-refractivity contribution in [2.75, 3.05) is 19.7 Å². The summed E-state index contributed by atoms with van der Waals surface area (Å²) in [5.74, 6) is 0.0971. The van der Waals surface area contributed by atoms with Gasteiger partial charge in [-0.25, -0.2) is 9.78 Å². The van der Waals surface area contributed by atoms with Crippen LogP contribution in [0.25, 0.3) is 11.2 Å². The molecule has 0 bridgehead atoms. The van der Waals surface area contributed by atoms with Crippen molar-refractivity contribution in [3.8, 4) is 0 Å². The second kappa shape index (κ2) is 6.83. The van der Waals surface area contributed by atoms with Crippen molar-refractivity contribution in [2.24, 2.45) is 14.1 Å². The molecule has 3 heterocycles. The second-order valence-electron chi connectivity index (χ2n) is 6.44. The standard InChI is InChI=1S/C16H23N5O4/c1-11-9-20(7-8-25-11)12(22)5-4-6-21-10-17-14-13(21)15(23)19(3)16(24)18(14)2/h10-11H,4-9H2,1-3H3. The molecule has 1 aliphatic rings. The third-order valence-electron chi connectivity index (χ3n) is 4.60. The van der Waals surface area contributed by atoms with Gasteiger partial charge in [-0.2, -0.15) is 0 Å². The maximum absolute atomic E-state index is 12.4. The monoisotopic (exact) mass is 349 g/mol. The van der Waals surface area contributed by atoms with E-state index < -0.39 is 5.69 Å². The topological polar surface area (TPSA) is 91.4 Å². The molecule has 0 aliphatic carbocycles.